The number of alkyl halides is 3. The first-order chi connectivity index (χ1) is 11.7. The van der Waals surface area contributed by atoms with Crippen molar-refractivity contribution in [2.75, 3.05) is 5.32 Å². The Labute approximate surface area is 140 Å². The molecule has 0 bridgehead atoms. The zero-order valence-corrected chi connectivity index (χ0v) is 12.9. The summed E-state index contributed by atoms with van der Waals surface area (Å²) in [5.74, 6) is -2.70. The van der Waals surface area contributed by atoms with Gasteiger partial charge in [0.25, 0.3) is 5.91 Å². The smallest absolute Gasteiger partial charge is 0.416 e. The van der Waals surface area contributed by atoms with Crippen molar-refractivity contribution in [3.63, 3.8) is 0 Å². The molecule has 1 atom stereocenters. The summed E-state index contributed by atoms with van der Waals surface area (Å²) in [6, 6.07) is 9.07. The predicted molar refractivity (Wildman–Crippen MR) is 81.4 cm³/mol. The van der Waals surface area contributed by atoms with Crippen LogP contribution in [0, 0.1) is 5.82 Å². The lowest BCUT2D eigenvalue weighted by molar-refractivity contribution is -0.137. The van der Waals surface area contributed by atoms with Gasteiger partial charge >= 0.3 is 12.1 Å². The summed E-state index contributed by atoms with van der Waals surface area (Å²) in [5, 5.41) is 2.22. The van der Waals surface area contributed by atoms with Crippen molar-refractivity contribution in [2.24, 2.45) is 0 Å². The SMILES string of the molecule is C[C@@H](OC(=O)c1ccccc1F)C(=O)Nc1cccc(C(F)(F)F)c1. The summed E-state index contributed by atoms with van der Waals surface area (Å²) in [6.07, 6.45) is -5.88. The number of amides is 1. The van der Waals surface area contributed by atoms with Crippen molar-refractivity contribution in [2.45, 2.75) is 19.2 Å². The molecule has 2 rings (SSSR count). The lowest BCUT2D eigenvalue weighted by atomic mass is 10.2. The van der Waals surface area contributed by atoms with E-state index in [1.54, 1.807) is 0 Å². The Bertz CT molecular complexity index is 789. The molecule has 0 aliphatic rings. The van der Waals surface area contributed by atoms with E-state index in [1.807, 2.05) is 0 Å². The number of hydrogen-bond acceptors (Lipinski definition) is 3. The second-order valence-electron chi connectivity index (χ2n) is 5.10. The van der Waals surface area contributed by atoms with Crippen molar-refractivity contribution < 1.29 is 31.9 Å². The van der Waals surface area contributed by atoms with E-state index in [2.05, 4.69) is 5.32 Å². The lowest BCUT2D eigenvalue weighted by Crippen LogP contribution is -2.30. The monoisotopic (exact) mass is 355 g/mol. The molecule has 0 aliphatic heterocycles. The molecule has 2 aromatic carbocycles. The van der Waals surface area contributed by atoms with Gasteiger partial charge in [-0.3, -0.25) is 4.79 Å². The molecule has 132 valence electrons. The van der Waals surface area contributed by atoms with E-state index in [1.165, 1.54) is 31.2 Å². The number of halogens is 4. The summed E-state index contributed by atoms with van der Waals surface area (Å²) < 4.78 is 56.3. The zero-order valence-electron chi connectivity index (χ0n) is 12.9. The van der Waals surface area contributed by atoms with Crippen LogP contribution in [0.15, 0.2) is 48.5 Å². The summed E-state index contributed by atoms with van der Waals surface area (Å²) in [4.78, 5) is 23.8. The van der Waals surface area contributed by atoms with Gasteiger partial charge in [0.15, 0.2) is 6.10 Å². The Hall–Kier alpha value is -2.90. The van der Waals surface area contributed by atoms with Crippen LogP contribution < -0.4 is 5.32 Å². The van der Waals surface area contributed by atoms with Crippen LogP contribution in [-0.4, -0.2) is 18.0 Å². The number of carbonyl (C=O) groups is 2. The molecule has 0 fully saturated rings. The highest BCUT2D eigenvalue weighted by molar-refractivity contribution is 5.97. The molecular weight excluding hydrogens is 342 g/mol. The summed E-state index contributed by atoms with van der Waals surface area (Å²) in [5.41, 5.74) is -1.38. The molecule has 2 aromatic rings. The van der Waals surface area contributed by atoms with Gasteiger partial charge in [-0.05, 0) is 37.3 Å². The summed E-state index contributed by atoms with van der Waals surface area (Å²) in [7, 11) is 0. The van der Waals surface area contributed by atoms with E-state index in [4.69, 9.17) is 4.74 Å². The standard InChI is InChI=1S/C17H13F4NO3/c1-10(25-16(24)13-7-2-3-8-14(13)18)15(23)22-12-6-4-5-11(9-12)17(19,20)21/h2-10H,1H3,(H,22,23)/t10-/m1/s1. The van der Waals surface area contributed by atoms with Gasteiger partial charge in [0.1, 0.15) is 5.82 Å². The molecule has 8 heteroatoms. The number of hydrogen-bond donors (Lipinski definition) is 1. The highest BCUT2D eigenvalue weighted by Crippen LogP contribution is 2.30. The topological polar surface area (TPSA) is 55.4 Å². The van der Waals surface area contributed by atoms with Gasteiger partial charge < -0.3 is 10.1 Å². The third kappa shape index (κ3) is 4.79. The molecule has 0 unspecified atom stereocenters. The maximum absolute atomic E-state index is 13.5. The van der Waals surface area contributed by atoms with Gasteiger partial charge in [0.05, 0.1) is 11.1 Å². The fourth-order valence-corrected chi connectivity index (χ4v) is 1.92. The molecule has 0 aliphatic carbocycles. The maximum atomic E-state index is 13.5. The van der Waals surface area contributed by atoms with Crippen LogP contribution in [0.4, 0.5) is 23.2 Å². The van der Waals surface area contributed by atoms with Crippen LogP contribution in [0.5, 0.6) is 0 Å². The van der Waals surface area contributed by atoms with Gasteiger partial charge in [0.2, 0.25) is 0 Å². The fraction of sp³-hybridized carbons (Fsp3) is 0.176. The van der Waals surface area contributed by atoms with Crippen molar-refractivity contribution in [1.29, 1.82) is 0 Å². The molecule has 1 N–H and O–H groups in total. The first kappa shape index (κ1) is 18.4. The van der Waals surface area contributed by atoms with E-state index >= 15 is 0 Å². The van der Waals surface area contributed by atoms with Crippen molar-refractivity contribution in [3.8, 4) is 0 Å². The highest BCUT2D eigenvalue weighted by Gasteiger charge is 2.30. The van der Waals surface area contributed by atoms with Crippen LogP contribution in [-0.2, 0) is 15.7 Å². The molecule has 25 heavy (non-hydrogen) atoms. The number of ether oxygens (including phenoxy) is 1. The average molecular weight is 355 g/mol. The van der Waals surface area contributed by atoms with E-state index < -0.39 is 35.5 Å². The first-order valence-electron chi connectivity index (χ1n) is 7.12. The van der Waals surface area contributed by atoms with E-state index in [0.717, 1.165) is 24.3 Å². The molecule has 0 heterocycles. The molecule has 1 amide bonds. The Morgan fingerprint density at radius 2 is 1.76 bits per heavy atom. The largest absolute Gasteiger partial charge is 0.449 e. The van der Waals surface area contributed by atoms with E-state index in [9.17, 15) is 27.2 Å². The van der Waals surface area contributed by atoms with Gasteiger partial charge in [0, 0.05) is 5.69 Å². The van der Waals surface area contributed by atoms with Gasteiger partial charge in [-0.25, -0.2) is 9.18 Å². The molecule has 0 saturated carbocycles. The number of rotatable bonds is 4. The number of benzene rings is 2. The Kier molecular flexibility index (Phi) is 5.41. The molecule has 0 saturated heterocycles. The van der Waals surface area contributed by atoms with Crippen LogP contribution in [0.1, 0.15) is 22.8 Å². The third-order valence-corrected chi connectivity index (χ3v) is 3.20. The second-order valence-corrected chi connectivity index (χ2v) is 5.10. The minimum atomic E-state index is -4.55. The van der Waals surface area contributed by atoms with Crippen molar-refractivity contribution in [1.82, 2.24) is 0 Å². The van der Waals surface area contributed by atoms with Crippen LogP contribution in [0.3, 0.4) is 0 Å². The number of esters is 1. The molecular formula is C17H13F4NO3. The summed E-state index contributed by atoms with van der Waals surface area (Å²) in [6.45, 7) is 1.22. The van der Waals surface area contributed by atoms with Gasteiger partial charge in [-0.15, -0.1) is 0 Å². The third-order valence-electron chi connectivity index (χ3n) is 3.20. The number of carbonyl (C=O) groups excluding carboxylic acids is 2. The van der Waals surface area contributed by atoms with Crippen LogP contribution in [0.25, 0.3) is 0 Å². The first-order valence-corrected chi connectivity index (χ1v) is 7.12. The maximum Gasteiger partial charge on any atom is 0.416 e. The Morgan fingerprint density at radius 3 is 2.40 bits per heavy atom. The normalized spacial score (nSPS) is 12.4. The Balaban J connectivity index is 2.04. The fourth-order valence-electron chi connectivity index (χ4n) is 1.92. The molecule has 4 nitrogen and oxygen atoms in total. The number of anilines is 1. The Morgan fingerprint density at radius 1 is 1.08 bits per heavy atom. The van der Waals surface area contributed by atoms with Crippen molar-refractivity contribution >= 4 is 17.6 Å². The zero-order chi connectivity index (χ0) is 18.6. The predicted octanol–water partition coefficient (Wildman–Crippen LogP) is 4.03. The highest BCUT2D eigenvalue weighted by atomic mass is 19.4. The minimum absolute atomic E-state index is 0.103. The quantitative estimate of drug-likeness (QED) is 0.666. The number of nitrogens with one attached hydrogen (secondary N) is 1. The second kappa shape index (κ2) is 7.33. The van der Waals surface area contributed by atoms with E-state index in [-0.39, 0.29) is 11.3 Å². The molecule has 0 spiro atoms. The van der Waals surface area contributed by atoms with Crippen molar-refractivity contribution in [3.05, 3.63) is 65.5 Å². The minimum Gasteiger partial charge on any atom is -0.449 e. The molecule has 0 radical (unpaired) electrons. The van der Waals surface area contributed by atoms with Crippen LogP contribution >= 0.6 is 0 Å². The lowest BCUT2D eigenvalue weighted by Gasteiger charge is -2.14. The average Bonchev–Trinajstić information content (AvgIpc) is 2.54. The summed E-state index contributed by atoms with van der Waals surface area (Å²) >= 11 is 0. The van der Waals surface area contributed by atoms with Gasteiger partial charge in [-0.2, -0.15) is 13.2 Å². The van der Waals surface area contributed by atoms with Gasteiger partial charge in [-0.1, -0.05) is 18.2 Å². The van der Waals surface area contributed by atoms with E-state index in [0.29, 0.717) is 0 Å². The molecule has 0 aromatic heterocycles. The van der Waals surface area contributed by atoms with Crippen LogP contribution in [0.2, 0.25) is 0 Å².